The van der Waals surface area contributed by atoms with Gasteiger partial charge in [0.25, 0.3) is 0 Å². The van der Waals surface area contributed by atoms with Gasteiger partial charge < -0.3 is 10.6 Å². The second kappa shape index (κ2) is 5.52. The van der Waals surface area contributed by atoms with E-state index in [1.165, 1.54) is 12.8 Å². The summed E-state index contributed by atoms with van der Waals surface area (Å²) in [4.78, 5) is 0. The monoisotopic (exact) mass is 156 g/mol. The van der Waals surface area contributed by atoms with Gasteiger partial charge in [0.05, 0.1) is 0 Å². The fourth-order valence-corrected chi connectivity index (χ4v) is 1.36. The normalized spacial score (nSPS) is 20.5. The molecule has 3 nitrogen and oxygen atoms in total. The molecule has 3 heteroatoms. The largest absolute Gasteiger partial charge is 0.318 e. The molecule has 1 heterocycles. The number of hydrogen-bond acceptors (Lipinski definition) is 2. The predicted octanol–water partition coefficient (Wildman–Crippen LogP) is -0.438. The zero-order valence-electron chi connectivity index (χ0n) is 7.27. The van der Waals surface area contributed by atoms with Gasteiger partial charge in [-0.1, -0.05) is 0 Å². The first-order valence-corrected chi connectivity index (χ1v) is 4.44. The first-order chi connectivity index (χ1) is 5.43. The van der Waals surface area contributed by atoms with Gasteiger partial charge in [-0.05, 0) is 19.9 Å². The third-order valence-electron chi connectivity index (χ3n) is 2.08. The van der Waals surface area contributed by atoms with Crippen molar-refractivity contribution in [2.45, 2.75) is 18.9 Å². The van der Waals surface area contributed by atoms with E-state index in [0.717, 1.165) is 32.2 Å². The summed E-state index contributed by atoms with van der Waals surface area (Å²) >= 11 is 0. The average molecular weight is 156 g/mol. The maximum Gasteiger partial charge on any atom is 0.0148 e. The Kier molecular flexibility index (Phi) is 4.50. The average Bonchev–Trinajstić information content (AvgIpc) is 2.07. The van der Waals surface area contributed by atoms with Crippen molar-refractivity contribution < 1.29 is 0 Å². The molecule has 1 aliphatic heterocycles. The third kappa shape index (κ3) is 3.70. The van der Waals surface area contributed by atoms with Gasteiger partial charge in [0, 0.05) is 32.2 Å². The van der Waals surface area contributed by atoms with Crippen LogP contribution in [0.25, 0.3) is 0 Å². The van der Waals surface area contributed by atoms with Crippen molar-refractivity contribution in [3.63, 3.8) is 0 Å². The molecule has 11 heavy (non-hydrogen) atoms. The highest BCUT2D eigenvalue weighted by Crippen LogP contribution is 2.01. The summed E-state index contributed by atoms with van der Waals surface area (Å²) in [5, 5.41) is 10.9. The Balaban J connectivity index is 1.96. The summed E-state index contributed by atoms with van der Waals surface area (Å²) in [7, 11) is 1.98. The minimum Gasteiger partial charge on any atom is -0.318 e. The van der Waals surface area contributed by atoms with Crippen LogP contribution in [0.1, 0.15) is 12.8 Å². The lowest BCUT2D eigenvalue weighted by Gasteiger charge is -2.22. The summed E-state index contributed by atoms with van der Waals surface area (Å²) in [6.07, 6.45) is 2.45. The van der Waals surface area contributed by atoms with Gasteiger partial charge in [0.1, 0.15) is 0 Å². The Hall–Kier alpha value is -0.120. The number of likely N-dealkylation sites (N-methyl/N-ethyl adjacent to an activating group) is 1. The molecule has 0 aromatic rings. The molecule has 0 spiro atoms. The lowest BCUT2D eigenvalue weighted by molar-refractivity contribution is 0.384. The van der Waals surface area contributed by atoms with Crippen LogP contribution in [0.3, 0.4) is 0 Å². The van der Waals surface area contributed by atoms with E-state index in [0.29, 0.717) is 0 Å². The smallest absolute Gasteiger partial charge is 0.0148 e. The molecule has 1 aliphatic rings. The zero-order chi connectivity index (χ0) is 7.94. The Morgan fingerprint density at radius 2 is 2.00 bits per heavy atom. The Labute approximate surface area is 68.9 Å². The fourth-order valence-electron chi connectivity index (χ4n) is 1.36. The lowest BCUT2D eigenvalue weighted by Crippen LogP contribution is -2.40. The van der Waals surface area contributed by atoms with Crippen LogP contribution in [-0.2, 0) is 0 Å². The van der Waals surface area contributed by atoms with E-state index in [2.05, 4.69) is 16.0 Å². The second-order valence-corrected chi connectivity index (χ2v) is 3.00. The van der Waals surface area contributed by atoms with Crippen molar-refractivity contribution in [3.05, 3.63) is 0 Å². The quantitative estimate of drug-likeness (QED) is 0.542. The van der Waals surface area contributed by atoms with Gasteiger partial charge in [-0.15, -0.1) is 0 Å². The fraction of sp³-hybridized carbons (Fsp3) is 1.00. The number of nitrogens with one attached hydrogen (secondary N) is 2. The van der Waals surface area contributed by atoms with E-state index in [9.17, 15) is 0 Å². The predicted molar refractivity (Wildman–Crippen MR) is 46.8 cm³/mol. The van der Waals surface area contributed by atoms with Crippen LogP contribution in [-0.4, -0.2) is 39.3 Å². The minimum atomic E-state index is 0.723. The molecule has 0 unspecified atom stereocenters. The number of piperidine rings is 1. The molecular weight excluding hydrogens is 138 g/mol. The van der Waals surface area contributed by atoms with Gasteiger partial charge in [0.15, 0.2) is 0 Å². The van der Waals surface area contributed by atoms with Gasteiger partial charge in [-0.3, -0.25) is 0 Å². The molecule has 1 rings (SSSR count). The summed E-state index contributed by atoms with van der Waals surface area (Å²) < 4.78 is 0. The SMILES string of the molecule is CNCCNC1CC[N]CC1. The third-order valence-corrected chi connectivity index (χ3v) is 2.08. The molecule has 0 atom stereocenters. The molecular formula is C8H18N3. The standard InChI is InChI=1S/C8H18N3/c1-9-6-7-11-8-2-4-10-5-3-8/h8-9,11H,2-7H2,1H3. The van der Waals surface area contributed by atoms with Crippen molar-refractivity contribution in [2.24, 2.45) is 0 Å². The minimum absolute atomic E-state index is 0.723. The molecule has 1 saturated heterocycles. The molecule has 0 saturated carbocycles. The molecule has 0 bridgehead atoms. The summed E-state index contributed by atoms with van der Waals surface area (Å²) in [6, 6.07) is 0.723. The van der Waals surface area contributed by atoms with Crippen LogP contribution in [0.15, 0.2) is 0 Å². The Morgan fingerprint density at radius 1 is 1.27 bits per heavy atom. The molecule has 65 valence electrons. The van der Waals surface area contributed by atoms with Gasteiger partial charge in [0.2, 0.25) is 0 Å². The summed E-state index contributed by atoms with van der Waals surface area (Å²) in [6.45, 7) is 4.25. The number of hydrogen-bond donors (Lipinski definition) is 2. The zero-order valence-corrected chi connectivity index (χ0v) is 7.27. The van der Waals surface area contributed by atoms with E-state index in [1.54, 1.807) is 0 Å². The van der Waals surface area contributed by atoms with Crippen LogP contribution in [0.5, 0.6) is 0 Å². The molecule has 1 fully saturated rings. The van der Waals surface area contributed by atoms with Crippen LogP contribution in [0.2, 0.25) is 0 Å². The van der Waals surface area contributed by atoms with E-state index >= 15 is 0 Å². The molecule has 0 amide bonds. The Morgan fingerprint density at radius 3 is 2.64 bits per heavy atom. The molecule has 0 aromatic heterocycles. The van der Waals surface area contributed by atoms with Crippen molar-refractivity contribution >= 4 is 0 Å². The second-order valence-electron chi connectivity index (χ2n) is 3.00. The van der Waals surface area contributed by atoms with Gasteiger partial charge in [-0.25, -0.2) is 5.32 Å². The van der Waals surface area contributed by atoms with Crippen molar-refractivity contribution in [1.82, 2.24) is 16.0 Å². The first-order valence-electron chi connectivity index (χ1n) is 4.44. The van der Waals surface area contributed by atoms with Crippen molar-refractivity contribution in [3.8, 4) is 0 Å². The molecule has 0 aliphatic carbocycles. The number of nitrogens with zero attached hydrogens (tertiary/aromatic N) is 1. The Bertz CT molecular complexity index is 89.3. The van der Waals surface area contributed by atoms with Gasteiger partial charge in [-0.2, -0.15) is 0 Å². The van der Waals surface area contributed by atoms with Crippen LogP contribution >= 0.6 is 0 Å². The lowest BCUT2D eigenvalue weighted by atomic mass is 10.1. The van der Waals surface area contributed by atoms with Crippen LogP contribution in [0.4, 0.5) is 0 Å². The van der Waals surface area contributed by atoms with Crippen LogP contribution in [0, 0.1) is 0 Å². The van der Waals surface area contributed by atoms with E-state index in [4.69, 9.17) is 0 Å². The molecule has 2 N–H and O–H groups in total. The van der Waals surface area contributed by atoms with E-state index in [1.807, 2.05) is 7.05 Å². The van der Waals surface area contributed by atoms with Crippen molar-refractivity contribution in [2.75, 3.05) is 33.2 Å². The highest BCUT2D eigenvalue weighted by molar-refractivity contribution is 4.73. The highest BCUT2D eigenvalue weighted by atomic mass is 15.0. The van der Waals surface area contributed by atoms with Gasteiger partial charge >= 0.3 is 0 Å². The topological polar surface area (TPSA) is 38.2 Å². The number of rotatable bonds is 4. The van der Waals surface area contributed by atoms with E-state index in [-0.39, 0.29) is 0 Å². The maximum atomic E-state index is 4.30. The molecule has 0 aromatic carbocycles. The first kappa shape index (κ1) is 8.97. The van der Waals surface area contributed by atoms with Crippen LogP contribution < -0.4 is 16.0 Å². The molecule has 1 radical (unpaired) electrons. The van der Waals surface area contributed by atoms with Crippen molar-refractivity contribution in [1.29, 1.82) is 0 Å². The summed E-state index contributed by atoms with van der Waals surface area (Å²) in [5.41, 5.74) is 0. The highest BCUT2D eigenvalue weighted by Gasteiger charge is 2.11. The maximum absolute atomic E-state index is 4.30. The van der Waals surface area contributed by atoms with E-state index < -0.39 is 0 Å². The summed E-state index contributed by atoms with van der Waals surface area (Å²) in [5.74, 6) is 0.